The molecule has 152 valence electrons. The molecule has 0 saturated carbocycles. The van der Waals surface area contributed by atoms with Gasteiger partial charge in [0.15, 0.2) is 0 Å². The van der Waals surface area contributed by atoms with Crippen LogP contribution in [0.4, 0.5) is 5.69 Å². The van der Waals surface area contributed by atoms with E-state index >= 15 is 0 Å². The lowest BCUT2D eigenvalue weighted by Crippen LogP contribution is -2.07. The van der Waals surface area contributed by atoms with Gasteiger partial charge in [-0.25, -0.2) is 0 Å². The van der Waals surface area contributed by atoms with E-state index < -0.39 is 0 Å². The number of hydrogen-bond donors (Lipinski definition) is 0. The third-order valence-corrected chi connectivity index (χ3v) is 3.99. The van der Waals surface area contributed by atoms with Crippen LogP contribution >= 0.6 is 0 Å². The maximum Gasteiger partial charge on any atom is 0.0361 e. The summed E-state index contributed by atoms with van der Waals surface area (Å²) in [6, 6.07) is 26.1. The van der Waals surface area contributed by atoms with Crippen molar-refractivity contribution in [3.8, 4) is 22.3 Å². The Labute approximate surface area is 174 Å². The Balaban J connectivity index is 0.00000111. The average Bonchev–Trinajstić information content (AvgIpc) is 2.79. The predicted octanol–water partition coefficient (Wildman–Crippen LogP) is 8.47. The molecule has 0 unspecified atom stereocenters. The first-order valence-electron chi connectivity index (χ1n) is 10.6. The second kappa shape index (κ2) is 14.5. The van der Waals surface area contributed by atoms with E-state index in [9.17, 15) is 0 Å². The van der Waals surface area contributed by atoms with Crippen molar-refractivity contribution in [2.24, 2.45) is 0 Å². The van der Waals surface area contributed by atoms with Crippen LogP contribution in [0.3, 0.4) is 0 Å². The smallest absolute Gasteiger partial charge is 0.0361 e. The third-order valence-electron chi connectivity index (χ3n) is 3.99. The third kappa shape index (κ3) is 7.60. The Hall–Kier alpha value is -2.54. The van der Waals surface area contributed by atoms with Gasteiger partial charge in [0, 0.05) is 19.8 Å². The highest BCUT2D eigenvalue weighted by Gasteiger charge is 2.01. The van der Waals surface area contributed by atoms with Gasteiger partial charge in [-0.3, -0.25) is 0 Å². The molecule has 1 heteroatoms. The van der Waals surface area contributed by atoms with Gasteiger partial charge >= 0.3 is 0 Å². The van der Waals surface area contributed by atoms with E-state index in [0.29, 0.717) is 0 Å². The van der Waals surface area contributed by atoms with Crippen molar-refractivity contribution >= 4 is 5.69 Å². The van der Waals surface area contributed by atoms with Crippen molar-refractivity contribution in [3.05, 3.63) is 78.4 Å². The van der Waals surface area contributed by atoms with E-state index in [2.05, 4.69) is 98.7 Å². The van der Waals surface area contributed by atoms with Gasteiger partial charge in [-0.1, -0.05) is 108 Å². The zero-order valence-corrected chi connectivity index (χ0v) is 19.4. The Morgan fingerprint density at radius 1 is 0.429 bits per heavy atom. The first kappa shape index (κ1) is 25.5. The van der Waals surface area contributed by atoms with Gasteiger partial charge in [0.1, 0.15) is 0 Å². The predicted molar refractivity (Wildman–Crippen MR) is 130 cm³/mol. The second-order valence-electron chi connectivity index (χ2n) is 5.88. The van der Waals surface area contributed by atoms with Crippen LogP contribution < -0.4 is 4.90 Å². The highest BCUT2D eigenvalue weighted by atomic mass is 15.1. The monoisotopic (exact) mass is 377 g/mol. The topological polar surface area (TPSA) is 3.24 Å². The SMILES string of the molecule is CC.CC.CC.Cc1ccc(-c2ccc(-c3ccc(N(C)C)cc3)cc2)cc1. The van der Waals surface area contributed by atoms with E-state index in [0.717, 1.165) is 0 Å². The van der Waals surface area contributed by atoms with Crippen molar-refractivity contribution in [2.45, 2.75) is 48.5 Å². The van der Waals surface area contributed by atoms with Crippen LogP contribution in [0, 0.1) is 6.92 Å². The molecular weight excluding hydrogens is 338 g/mol. The van der Waals surface area contributed by atoms with Gasteiger partial charge in [0.25, 0.3) is 0 Å². The Morgan fingerprint density at radius 2 is 0.679 bits per heavy atom. The summed E-state index contributed by atoms with van der Waals surface area (Å²) in [6.45, 7) is 14.1. The number of hydrogen-bond acceptors (Lipinski definition) is 1. The number of aryl methyl sites for hydroxylation is 1. The molecule has 0 saturated heterocycles. The van der Waals surface area contributed by atoms with Crippen LogP contribution in [-0.2, 0) is 0 Å². The van der Waals surface area contributed by atoms with Crippen molar-refractivity contribution in [1.82, 2.24) is 0 Å². The molecule has 3 rings (SSSR count). The fourth-order valence-corrected chi connectivity index (χ4v) is 2.55. The molecular formula is C27H39N. The first-order valence-corrected chi connectivity index (χ1v) is 10.6. The van der Waals surface area contributed by atoms with Crippen molar-refractivity contribution < 1.29 is 0 Å². The summed E-state index contributed by atoms with van der Waals surface area (Å²) in [5, 5.41) is 0. The van der Waals surface area contributed by atoms with Gasteiger partial charge in [0.05, 0.1) is 0 Å². The summed E-state index contributed by atoms with van der Waals surface area (Å²) in [6.07, 6.45) is 0. The lowest BCUT2D eigenvalue weighted by Gasteiger charge is -2.13. The van der Waals surface area contributed by atoms with Crippen molar-refractivity contribution in [2.75, 3.05) is 19.0 Å². The molecule has 0 heterocycles. The zero-order valence-electron chi connectivity index (χ0n) is 19.4. The van der Waals surface area contributed by atoms with Crippen molar-refractivity contribution in [3.63, 3.8) is 0 Å². The number of anilines is 1. The summed E-state index contributed by atoms with van der Waals surface area (Å²) >= 11 is 0. The highest BCUT2D eigenvalue weighted by Crippen LogP contribution is 2.26. The molecule has 0 fully saturated rings. The minimum absolute atomic E-state index is 1.22. The van der Waals surface area contributed by atoms with E-state index in [1.807, 2.05) is 41.5 Å². The summed E-state index contributed by atoms with van der Waals surface area (Å²) in [5.41, 5.74) is 7.54. The van der Waals surface area contributed by atoms with Gasteiger partial charge < -0.3 is 4.90 Å². The molecule has 0 aliphatic heterocycles. The fourth-order valence-electron chi connectivity index (χ4n) is 2.55. The van der Waals surface area contributed by atoms with Gasteiger partial charge in [-0.2, -0.15) is 0 Å². The van der Waals surface area contributed by atoms with Gasteiger partial charge in [0.2, 0.25) is 0 Å². The molecule has 0 N–H and O–H groups in total. The van der Waals surface area contributed by atoms with E-state index in [1.165, 1.54) is 33.5 Å². The average molecular weight is 378 g/mol. The normalized spacial score (nSPS) is 8.89. The Kier molecular flexibility index (Phi) is 13.2. The quantitative estimate of drug-likeness (QED) is 0.442. The Bertz CT molecular complexity index is 736. The van der Waals surface area contributed by atoms with E-state index in [1.54, 1.807) is 0 Å². The van der Waals surface area contributed by atoms with Crippen LogP contribution in [0.15, 0.2) is 72.8 Å². The standard InChI is InChI=1S/C21H21N.3C2H6/c1-16-4-6-17(7-5-16)18-8-10-19(11-9-18)20-12-14-21(15-13-20)22(2)3;3*1-2/h4-15H,1-3H3;3*1-2H3. The summed E-state index contributed by atoms with van der Waals surface area (Å²) < 4.78 is 0. The van der Waals surface area contributed by atoms with Crippen molar-refractivity contribution in [1.29, 1.82) is 0 Å². The molecule has 0 aliphatic carbocycles. The Morgan fingerprint density at radius 3 is 0.964 bits per heavy atom. The van der Waals surface area contributed by atoms with Crippen LogP contribution in [-0.4, -0.2) is 14.1 Å². The summed E-state index contributed by atoms with van der Waals surface area (Å²) in [4.78, 5) is 2.12. The van der Waals surface area contributed by atoms with E-state index in [4.69, 9.17) is 0 Å². The van der Waals surface area contributed by atoms with Gasteiger partial charge in [-0.05, 0) is 41.3 Å². The summed E-state index contributed by atoms with van der Waals surface area (Å²) in [5.74, 6) is 0. The molecule has 0 radical (unpaired) electrons. The molecule has 0 atom stereocenters. The minimum atomic E-state index is 1.22. The molecule has 3 aromatic rings. The summed E-state index contributed by atoms with van der Waals surface area (Å²) in [7, 11) is 4.12. The van der Waals surface area contributed by atoms with E-state index in [-0.39, 0.29) is 0 Å². The maximum absolute atomic E-state index is 2.19. The van der Waals surface area contributed by atoms with Crippen LogP contribution in [0.5, 0.6) is 0 Å². The van der Waals surface area contributed by atoms with Crippen LogP contribution in [0.2, 0.25) is 0 Å². The second-order valence-corrected chi connectivity index (χ2v) is 5.88. The highest BCUT2D eigenvalue weighted by molar-refractivity contribution is 5.71. The number of nitrogens with zero attached hydrogens (tertiary/aromatic N) is 1. The fraction of sp³-hybridized carbons (Fsp3) is 0.333. The molecule has 0 amide bonds. The largest absolute Gasteiger partial charge is 0.378 e. The molecule has 0 aromatic heterocycles. The lowest BCUT2D eigenvalue weighted by atomic mass is 9.99. The first-order chi connectivity index (χ1) is 13.6. The van der Waals surface area contributed by atoms with Crippen LogP contribution in [0.1, 0.15) is 47.1 Å². The number of benzene rings is 3. The molecule has 28 heavy (non-hydrogen) atoms. The van der Waals surface area contributed by atoms with Gasteiger partial charge in [-0.15, -0.1) is 0 Å². The van der Waals surface area contributed by atoms with Crippen LogP contribution in [0.25, 0.3) is 22.3 Å². The molecule has 0 aliphatic rings. The molecule has 0 spiro atoms. The lowest BCUT2D eigenvalue weighted by molar-refractivity contribution is 1.13. The molecule has 1 nitrogen and oxygen atoms in total. The molecule has 3 aromatic carbocycles. The minimum Gasteiger partial charge on any atom is -0.378 e. The number of rotatable bonds is 3. The maximum atomic E-state index is 2.19. The molecule has 0 bridgehead atoms. The zero-order chi connectivity index (χ0) is 21.5.